The second-order valence-electron chi connectivity index (χ2n) is 5.37. The minimum Gasteiger partial charge on any atom is -0.339 e. The van der Waals surface area contributed by atoms with Crippen LogP contribution in [0.5, 0.6) is 0 Å². The molecule has 4 nitrogen and oxygen atoms in total. The predicted molar refractivity (Wildman–Crippen MR) is 79.3 cm³/mol. The van der Waals surface area contributed by atoms with E-state index < -0.39 is 0 Å². The van der Waals surface area contributed by atoms with E-state index in [1.807, 2.05) is 34.1 Å². The Morgan fingerprint density at radius 2 is 1.60 bits per heavy atom. The van der Waals surface area contributed by atoms with Crippen LogP contribution in [0.1, 0.15) is 23.2 Å². The first-order chi connectivity index (χ1) is 9.66. The number of amides is 2. The highest BCUT2D eigenvalue weighted by Crippen LogP contribution is 2.31. The van der Waals surface area contributed by atoms with E-state index in [2.05, 4.69) is 15.9 Å². The maximum atomic E-state index is 12.4. The summed E-state index contributed by atoms with van der Waals surface area (Å²) in [6.45, 7) is 2.56. The monoisotopic (exact) mass is 336 g/mol. The smallest absolute Gasteiger partial charge is 0.255 e. The molecule has 1 saturated heterocycles. The van der Waals surface area contributed by atoms with Crippen LogP contribution in [-0.2, 0) is 4.79 Å². The van der Waals surface area contributed by atoms with Crippen molar-refractivity contribution >= 4 is 27.7 Å². The molecule has 0 spiro atoms. The van der Waals surface area contributed by atoms with Crippen LogP contribution in [0.15, 0.2) is 28.7 Å². The summed E-state index contributed by atoms with van der Waals surface area (Å²) >= 11 is 3.41. The van der Waals surface area contributed by atoms with Crippen LogP contribution in [0.4, 0.5) is 0 Å². The lowest BCUT2D eigenvalue weighted by atomic mass is 10.2. The van der Waals surface area contributed by atoms with Gasteiger partial charge in [0, 0.05) is 36.6 Å². The molecule has 0 unspecified atom stereocenters. The average Bonchev–Trinajstić information content (AvgIpc) is 3.31. The molecule has 0 atom stereocenters. The summed E-state index contributed by atoms with van der Waals surface area (Å²) in [6, 6.07) is 7.46. The van der Waals surface area contributed by atoms with Crippen LogP contribution in [0, 0.1) is 5.92 Å². The molecule has 0 radical (unpaired) electrons. The standard InChI is InChI=1S/C15H17BrN2O2/c16-13-4-2-1-3-12(13)15(20)18-9-7-17(8-10-18)14(19)11-5-6-11/h1-4,11H,5-10H2. The molecular formula is C15H17BrN2O2. The second kappa shape index (κ2) is 5.56. The molecule has 0 N–H and O–H groups in total. The SMILES string of the molecule is O=C(c1ccccc1Br)N1CCN(C(=O)C2CC2)CC1. The van der Waals surface area contributed by atoms with E-state index >= 15 is 0 Å². The van der Waals surface area contributed by atoms with Gasteiger partial charge in [0.25, 0.3) is 5.91 Å². The molecule has 1 aliphatic heterocycles. The van der Waals surface area contributed by atoms with Gasteiger partial charge >= 0.3 is 0 Å². The summed E-state index contributed by atoms with van der Waals surface area (Å²) in [5.41, 5.74) is 0.689. The molecule has 3 rings (SSSR count). The molecule has 5 heteroatoms. The van der Waals surface area contributed by atoms with Crippen molar-refractivity contribution in [1.82, 2.24) is 9.80 Å². The summed E-state index contributed by atoms with van der Waals surface area (Å²) in [5, 5.41) is 0. The topological polar surface area (TPSA) is 40.6 Å². The van der Waals surface area contributed by atoms with Crippen molar-refractivity contribution in [2.75, 3.05) is 26.2 Å². The molecule has 0 aromatic heterocycles. The highest BCUT2D eigenvalue weighted by molar-refractivity contribution is 9.10. The lowest BCUT2D eigenvalue weighted by Crippen LogP contribution is -2.51. The zero-order valence-electron chi connectivity index (χ0n) is 11.2. The van der Waals surface area contributed by atoms with Crippen LogP contribution >= 0.6 is 15.9 Å². The fourth-order valence-corrected chi connectivity index (χ4v) is 2.98. The third kappa shape index (κ3) is 2.73. The Morgan fingerprint density at radius 1 is 1.00 bits per heavy atom. The van der Waals surface area contributed by atoms with E-state index in [0.29, 0.717) is 31.7 Å². The van der Waals surface area contributed by atoms with Crippen molar-refractivity contribution in [3.63, 3.8) is 0 Å². The molecule has 1 aromatic carbocycles. The molecule has 2 aliphatic rings. The third-order valence-electron chi connectivity index (χ3n) is 3.91. The van der Waals surface area contributed by atoms with Crippen LogP contribution < -0.4 is 0 Å². The molecule has 20 heavy (non-hydrogen) atoms. The summed E-state index contributed by atoms with van der Waals surface area (Å²) in [4.78, 5) is 28.1. The predicted octanol–water partition coefficient (Wildman–Crippen LogP) is 2.14. The van der Waals surface area contributed by atoms with E-state index in [1.165, 1.54) is 0 Å². The van der Waals surface area contributed by atoms with Crippen molar-refractivity contribution in [2.24, 2.45) is 5.92 Å². The molecule has 1 saturated carbocycles. The number of piperazine rings is 1. The van der Waals surface area contributed by atoms with Crippen molar-refractivity contribution in [3.05, 3.63) is 34.3 Å². The Labute approximate surface area is 126 Å². The molecule has 1 aliphatic carbocycles. The Hall–Kier alpha value is -1.36. The number of hydrogen-bond acceptors (Lipinski definition) is 2. The van der Waals surface area contributed by atoms with Gasteiger partial charge in [-0.25, -0.2) is 0 Å². The first kappa shape index (κ1) is 13.6. The number of rotatable bonds is 2. The molecule has 1 heterocycles. The molecule has 2 fully saturated rings. The fourth-order valence-electron chi connectivity index (χ4n) is 2.52. The van der Waals surface area contributed by atoms with Crippen molar-refractivity contribution in [3.8, 4) is 0 Å². The van der Waals surface area contributed by atoms with Gasteiger partial charge in [-0.1, -0.05) is 12.1 Å². The lowest BCUT2D eigenvalue weighted by Gasteiger charge is -2.35. The zero-order valence-corrected chi connectivity index (χ0v) is 12.8. The highest BCUT2D eigenvalue weighted by Gasteiger charge is 2.35. The first-order valence-corrected chi connectivity index (χ1v) is 7.78. The van der Waals surface area contributed by atoms with Gasteiger partial charge in [0.1, 0.15) is 0 Å². The Balaban J connectivity index is 1.61. The minimum atomic E-state index is 0.0380. The van der Waals surface area contributed by atoms with E-state index in [0.717, 1.165) is 17.3 Å². The molecule has 106 valence electrons. The van der Waals surface area contributed by atoms with Crippen molar-refractivity contribution < 1.29 is 9.59 Å². The molecule has 0 bridgehead atoms. The van der Waals surface area contributed by atoms with Gasteiger partial charge in [-0.2, -0.15) is 0 Å². The van der Waals surface area contributed by atoms with E-state index in [-0.39, 0.29) is 17.7 Å². The minimum absolute atomic E-state index is 0.0380. The van der Waals surface area contributed by atoms with E-state index in [9.17, 15) is 9.59 Å². The maximum Gasteiger partial charge on any atom is 0.255 e. The van der Waals surface area contributed by atoms with Crippen LogP contribution in [0.2, 0.25) is 0 Å². The molecule has 1 aromatic rings. The van der Waals surface area contributed by atoms with Gasteiger partial charge in [0.2, 0.25) is 5.91 Å². The summed E-state index contributed by atoms with van der Waals surface area (Å²) in [7, 11) is 0. The van der Waals surface area contributed by atoms with Crippen LogP contribution in [0.25, 0.3) is 0 Å². The van der Waals surface area contributed by atoms with Gasteiger partial charge in [-0.15, -0.1) is 0 Å². The highest BCUT2D eigenvalue weighted by atomic mass is 79.9. The number of halogens is 1. The summed E-state index contributed by atoms with van der Waals surface area (Å²) < 4.78 is 0.821. The quantitative estimate of drug-likeness (QED) is 0.830. The van der Waals surface area contributed by atoms with Crippen LogP contribution in [-0.4, -0.2) is 47.8 Å². The molecular weight excluding hydrogens is 320 g/mol. The van der Waals surface area contributed by atoms with E-state index in [1.54, 1.807) is 0 Å². The lowest BCUT2D eigenvalue weighted by molar-refractivity contribution is -0.134. The Morgan fingerprint density at radius 3 is 2.20 bits per heavy atom. The van der Waals surface area contributed by atoms with Gasteiger partial charge in [0.15, 0.2) is 0 Å². The third-order valence-corrected chi connectivity index (χ3v) is 4.60. The van der Waals surface area contributed by atoms with Crippen molar-refractivity contribution in [1.29, 1.82) is 0 Å². The zero-order chi connectivity index (χ0) is 14.1. The second-order valence-corrected chi connectivity index (χ2v) is 6.23. The maximum absolute atomic E-state index is 12.4. The Kier molecular flexibility index (Phi) is 3.78. The van der Waals surface area contributed by atoms with Gasteiger partial charge in [-0.05, 0) is 40.9 Å². The van der Waals surface area contributed by atoms with Gasteiger partial charge < -0.3 is 9.80 Å². The number of hydrogen-bond donors (Lipinski definition) is 0. The Bertz CT molecular complexity index is 534. The number of benzene rings is 1. The largest absolute Gasteiger partial charge is 0.339 e. The summed E-state index contributed by atoms with van der Waals surface area (Å²) in [6.07, 6.45) is 2.07. The van der Waals surface area contributed by atoms with Gasteiger partial charge in [0.05, 0.1) is 5.56 Å². The normalized spacial score (nSPS) is 19.1. The number of carbonyl (C=O) groups is 2. The number of nitrogens with zero attached hydrogens (tertiary/aromatic N) is 2. The van der Waals surface area contributed by atoms with Crippen molar-refractivity contribution in [2.45, 2.75) is 12.8 Å². The van der Waals surface area contributed by atoms with Crippen LogP contribution in [0.3, 0.4) is 0 Å². The van der Waals surface area contributed by atoms with Gasteiger partial charge in [-0.3, -0.25) is 9.59 Å². The first-order valence-electron chi connectivity index (χ1n) is 6.99. The fraction of sp³-hybridized carbons (Fsp3) is 0.467. The van der Waals surface area contributed by atoms with E-state index in [4.69, 9.17) is 0 Å². The molecule has 2 amide bonds. The average molecular weight is 337 g/mol. The summed E-state index contributed by atoms with van der Waals surface area (Å²) in [5.74, 6) is 0.578. The number of carbonyl (C=O) groups excluding carboxylic acids is 2.